The number of nitrogens with two attached hydrogens (primary N) is 1. The zero-order valence-electron chi connectivity index (χ0n) is 8.27. The molecule has 4 nitrogen and oxygen atoms in total. The molecular formula is C10H10ClNO3S. The summed E-state index contributed by atoms with van der Waals surface area (Å²) in [6, 6.07) is 3.25. The van der Waals surface area contributed by atoms with Gasteiger partial charge in [-0.25, -0.2) is 0 Å². The second kappa shape index (κ2) is 4.53. The van der Waals surface area contributed by atoms with Crippen molar-refractivity contribution in [2.75, 3.05) is 12.4 Å². The van der Waals surface area contributed by atoms with Crippen LogP contribution in [0.1, 0.15) is 11.7 Å². The second-order valence-corrected chi connectivity index (χ2v) is 4.90. The van der Waals surface area contributed by atoms with Crippen molar-refractivity contribution in [3.05, 3.63) is 22.7 Å². The van der Waals surface area contributed by atoms with Gasteiger partial charge in [0.05, 0.1) is 11.5 Å². The predicted molar refractivity (Wildman–Crippen MR) is 61.8 cm³/mol. The Labute approximate surface area is 102 Å². The molecule has 1 aliphatic heterocycles. The summed E-state index contributed by atoms with van der Waals surface area (Å²) in [7, 11) is 0. The van der Waals surface area contributed by atoms with Crippen LogP contribution in [0.4, 0.5) is 0 Å². The quantitative estimate of drug-likeness (QED) is 0.841. The number of thioether (sulfide) groups is 1. The Bertz CT molecular complexity index is 438. The number of benzene rings is 1. The summed E-state index contributed by atoms with van der Waals surface area (Å²) in [6.45, 7) is 0.539. The predicted octanol–water partition coefficient (Wildman–Crippen LogP) is 1.34. The van der Waals surface area contributed by atoms with Gasteiger partial charge in [-0.05, 0) is 12.1 Å². The summed E-state index contributed by atoms with van der Waals surface area (Å²) in [6.07, 6.45) is -1.38. The lowest BCUT2D eigenvalue weighted by atomic mass is 10.1. The summed E-state index contributed by atoms with van der Waals surface area (Å²) in [4.78, 5) is 11.8. The molecule has 1 aromatic rings. The van der Waals surface area contributed by atoms with E-state index in [-0.39, 0.29) is 0 Å². The molecule has 1 aliphatic rings. The normalized spacial score (nSPS) is 16.1. The van der Waals surface area contributed by atoms with Gasteiger partial charge in [0, 0.05) is 16.3 Å². The topological polar surface area (TPSA) is 72.6 Å². The number of carbonyl (C=O) groups excluding carboxylic acids is 1. The van der Waals surface area contributed by atoms with E-state index in [9.17, 15) is 9.90 Å². The van der Waals surface area contributed by atoms with Gasteiger partial charge in [-0.3, -0.25) is 4.79 Å². The number of halogens is 1. The molecule has 0 aliphatic carbocycles. The molecule has 16 heavy (non-hydrogen) atoms. The molecule has 3 N–H and O–H groups in total. The SMILES string of the molecule is NC(=O)C(O)c1cc(Cl)cc2c1OCCS2. The summed E-state index contributed by atoms with van der Waals surface area (Å²) >= 11 is 7.47. The van der Waals surface area contributed by atoms with Gasteiger partial charge in [0.2, 0.25) is 0 Å². The van der Waals surface area contributed by atoms with Gasteiger partial charge in [-0.1, -0.05) is 11.6 Å². The van der Waals surface area contributed by atoms with Crippen LogP contribution in [0.2, 0.25) is 5.02 Å². The number of hydrogen-bond acceptors (Lipinski definition) is 4. The van der Waals surface area contributed by atoms with E-state index in [1.807, 2.05) is 0 Å². The van der Waals surface area contributed by atoms with Crippen LogP contribution in [-0.2, 0) is 4.79 Å². The highest BCUT2D eigenvalue weighted by Crippen LogP contribution is 2.40. The van der Waals surface area contributed by atoms with Gasteiger partial charge < -0.3 is 15.6 Å². The third-order valence-corrected chi connectivity index (χ3v) is 3.40. The maximum absolute atomic E-state index is 11.0. The van der Waals surface area contributed by atoms with E-state index in [0.29, 0.717) is 22.9 Å². The van der Waals surface area contributed by atoms with Crippen molar-refractivity contribution >= 4 is 29.3 Å². The molecule has 1 heterocycles. The molecule has 1 amide bonds. The van der Waals surface area contributed by atoms with Crippen molar-refractivity contribution in [2.45, 2.75) is 11.0 Å². The first kappa shape index (κ1) is 11.6. The minimum atomic E-state index is -1.38. The lowest BCUT2D eigenvalue weighted by molar-refractivity contribution is -0.126. The van der Waals surface area contributed by atoms with Crippen LogP contribution in [-0.4, -0.2) is 23.4 Å². The summed E-state index contributed by atoms with van der Waals surface area (Å²) in [5, 5.41) is 10.1. The Hall–Kier alpha value is -0.910. The van der Waals surface area contributed by atoms with Crippen molar-refractivity contribution < 1.29 is 14.6 Å². The van der Waals surface area contributed by atoms with Crippen molar-refractivity contribution in [1.82, 2.24) is 0 Å². The van der Waals surface area contributed by atoms with Crippen molar-refractivity contribution in [3.8, 4) is 5.75 Å². The van der Waals surface area contributed by atoms with Crippen LogP contribution < -0.4 is 10.5 Å². The second-order valence-electron chi connectivity index (χ2n) is 3.32. The van der Waals surface area contributed by atoms with Gasteiger partial charge >= 0.3 is 0 Å². The van der Waals surface area contributed by atoms with Gasteiger partial charge in [-0.15, -0.1) is 11.8 Å². The molecule has 2 rings (SSSR count). The van der Waals surface area contributed by atoms with E-state index in [4.69, 9.17) is 22.1 Å². The largest absolute Gasteiger partial charge is 0.491 e. The first-order chi connectivity index (χ1) is 7.59. The van der Waals surface area contributed by atoms with Crippen molar-refractivity contribution in [1.29, 1.82) is 0 Å². The molecule has 0 fully saturated rings. The summed E-state index contributed by atoms with van der Waals surface area (Å²) < 4.78 is 5.43. The van der Waals surface area contributed by atoms with Gasteiger partial charge in [-0.2, -0.15) is 0 Å². The monoisotopic (exact) mass is 259 g/mol. The molecule has 0 bridgehead atoms. The average Bonchev–Trinajstić information content (AvgIpc) is 2.26. The number of aliphatic hydroxyl groups excluding tert-OH is 1. The molecule has 0 saturated carbocycles. The number of primary amides is 1. The van der Waals surface area contributed by atoms with Crippen LogP contribution in [0.3, 0.4) is 0 Å². The molecule has 0 aromatic heterocycles. The summed E-state index contributed by atoms with van der Waals surface area (Å²) in [5.41, 5.74) is 5.39. The fourth-order valence-electron chi connectivity index (χ4n) is 1.50. The number of aliphatic hydroxyl groups is 1. The Balaban J connectivity index is 2.51. The highest BCUT2D eigenvalue weighted by atomic mass is 35.5. The fourth-order valence-corrected chi connectivity index (χ4v) is 2.70. The molecule has 0 radical (unpaired) electrons. The maximum atomic E-state index is 11.0. The lowest BCUT2D eigenvalue weighted by Crippen LogP contribution is -2.22. The molecule has 1 atom stereocenters. The number of carbonyl (C=O) groups is 1. The fraction of sp³-hybridized carbons (Fsp3) is 0.300. The Morgan fingerprint density at radius 3 is 3.06 bits per heavy atom. The number of rotatable bonds is 2. The minimum absolute atomic E-state index is 0.335. The molecule has 6 heteroatoms. The van der Waals surface area contributed by atoms with Crippen LogP contribution >= 0.6 is 23.4 Å². The standard InChI is InChI=1S/C10H10ClNO3S/c11-5-3-6(8(13)10(12)14)9-7(4-5)16-2-1-15-9/h3-4,8,13H,1-2H2,(H2,12,14). The molecule has 86 valence electrons. The van der Waals surface area contributed by atoms with Gasteiger partial charge in [0.15, 0.2) is 6.10 Å². The van der Waals surface area contributed by atoms with Crippen molar-refractivity contribution in [2.24, 2.45) is 5.73 Å². The van der Waals surface area contributed by atoms with E-state index in [0.717, 1.165) is 10.6 Å². The zero-order chi connectivity index (χ0) is 11.7. The summed E-state index contributed by atoms with van der Waals surface area (Å²) in [5.74, 6) is 0.509. The number of amides is 1. The molecule has 1 unspecified atom stereocenters. The maximum Gasteiger partial charge on any atom is 0.251 e. The lowest BCUT2D eigenvalue weighted by Gasteiger charge is -2.21. The Kier molecular flexibility index (Phi) is 3.28. The van der Waals surface area contributed by atoms with E-state index >= 15 is 0 Å². The smallest absolute Gasteiger partial charge is 0.251 e. The van der Waals surface area contributed by atoms with E-state index < -0.39 is 12.0 Å². The number of ether oxygens (including phenoxy) is 1. The first-order valence-corrected chi connectivity index (χ1v) is 6.02. The average molecular weight is 260 g/mol. The number of fused-ring (bicyclic) bond motifs is 1. The minimum Gasteiger partial charge on any atom is -0.491 e. The molecule has 0 saturated heterocycles. The van der Waals surface area contributed by atoms with Gasteiger partial charge in [0.1, 0.15) is 5.75 Å². The van der Waals surface area contributed by atoms with Crippen molar-refractivity contribution in [3.63, 3.8) is 0 Å². The third-order valence-electron chi connectivity index (χ3n) is 2.20. The molecule has 1 aromatic carbocycles. The Morgan fingerprint density at radius 1 is 1.62 bits per heavy atom. The first-order valence-electron chi connectivity index (χ1n) is 4.66. The zero-order valence-corrected chi connectivity index (χ0v) is 9.85. The highest BCUT2D eigenvalue weighted by molar-refractivity contribution is 7.99. The van der Waals surface area contributed by atoms with Crippen LogP contribution in [0.25, 0.3) is 0 Å². The molecular weight excluding hydrogens is 250 g/mol. The third kappa shape index (κ3) is 2.11. The van der Waals surface area contributed by atoms with Crippen LogP contribution in [0.15, 0.2) is 17.0 Å². The number of hydrogen-bond donors (Lipinski definition) is 2. The Morgan fingerprint density at radius 2 is 2.38 bits per heavy atom. The van der Waals surface area contributed by atoms with Crippen LogP contribution in [0.5, 0.6) is 5.75 Å². The highest BCUT2D eigenvalue weighted by Gasteiger charge is 2.24. The van der Waals surface area contributed by atoms with E-state index in [1.165, 1.54) is 6.07 Å². The van der Waals surface area contributed by atoms with E-state index in [2.05, 4.69) is 0 Å². The van der Waals surface area contributed by atoms with Crippen LogP contribution in [0, 0.1) is 0 Å². The van der Waals surface area contributed by atoms with Gasteiger partial charge in [0.25, 0.3) is 5.91 Å². The molecule has 0 spiro atoms. The van der Waals surface area contributed by atoms with E-state index in [1.54, 1.807) is 17.8 Å².